The first-order valence-electron chi connectivity index (χ1n) is 12.4. The average molecular weight is 515 g/mol. The molecular weight excluding hydrogens is 484 g/mol. The third kappa shape index (κ3) is 5.21. The number of aromatic nitrogens is 2. The highest BCUT2D eigenvalue weighted by molar-refractivity contribution is 7.14. The van der Waals surface area contributed by atoms with Gasteiger partial charge in [-0.25, -0.2) is 4.98 Å². The number of anilines is 3. The molecule has 1 atom stereocenters. The van der Waals surface area contributed by atoms with Crippen molar-refractivity contribution in [2.45, 2.75) is 39.7 Å². The van der Waals surface area contributed by atoms with Crippen LogP contribution in [-0.4, -0.2) is 20.6 Å². The molecule has 0 saturated heterocycles. The topological polar surface area (TPSA) is 96.2 Å². The van der Waals surface area contributed by atoms with Crippen LogP contribution < -0.4 is 16.2 Å². The Hall–Kier alpha value is -3.75. The smallest absolute Gasteiger partial charge is 0.293 e. The summed E-state index contributed by atoms with van der Waals surface area (Å²) in [4.78, 5) is 32.6. The molecule has 2 aromatic heterocycles. The van der Waals surface area contributed by atoms with Crippen molar-refractivity contribution in [1.82, 2.24) is 9.55 Å². The maximum atomic E-state index is 13.1. The van der Waals surface area contributed by atoms with Gasteiger partial charge in [-0.15, -0.1) is 11.3 Å². The minimum Gasteiger partial charge on any atom is -0.392 e. The van der Waals surface area contributed by atoms with Crippen LogP contribution in [0.4, 0.5) is 17.2 Å². The number of rotatable bonds is 6. The summed E-state index contributed by atoms with van der Waals surface area (Å²) in [5.74, 6) is 0.754. The van der Waals surface area contributed by atoms with Gasteiger partial charge in [0, 0.05) is 35.1 Å². The van der Waals surface area contributed by atoms with E-state index < -0.39 is 0 Å². The Morgan fingerprint density at radius 3 is 2.76 bits per heavy atom. The SMILES string of the molecule is Cc1c(NC(=O)c2cc3c(s2)CCC(C)C3)cccc1-c1cn(C)c(=O)c(Nc2ccc(CO)cc2)n1. The van der Waals surface area contributed by atoms with E-state index in [0.29, 0.717) is 23.0 Å². The zero-order chi connectivity index (χ0) is 26.1. The van der Waals surface area contributed by atoms with Crippen LogP contribution in [0.15, 0.2) is 59.5 Å². The lowest BCUT2D eigenvalue weighted by Gasteiger charge is -2.16. The molecule has 1 unspecified atom stereocenters. The van der Waals surface area contributed by atoms with Crippen molar-refractivity contribution in [3.8, 4) is 11.3 Å². The first kappa shape index (κ1) is 24.9. The fourth-order valence-electron chi connectivity index (χ4n) is 4.70. The normalized spacial score (nSPS) is 14.8. The van der Waals surface area contributed by atoms with Crippen molar-refractivity contribution in [2.75, 3.05) is 10.6 Å². The average Bonchev–Trinajstić information content (AvgIpc) is 3.32. The van der Waals surface area contributed by atoms with Gasteiger partial charge >= 0.3 is 0 Å². The molecule has 4 aromatic rings. The Balaban J connectivity index is 1.42. The summed E-state index contributed by atoms with van der Waals surface area (Å²) in [7, 11) is 1.69. The maximum Gasteiger partial charge on any atom is 0.293 e. The molecule has 2 heterocycles. The number of aliphatic hydroxyl groups is 1. The molecule has 7 nitrogen and oxygen atoms in total. The van der Waals surface area contributed by atoms with Crippen molar-refractivity contribution in [1.29, 1.82) is 0 Å². The Bertz CT molecular complexity index is 1520. The van der Waals surface area contributed by atoms with E-state index in [1.165, 1.54) is 21.4 Å². The standard InChI is InChI=1S/C29H30N4O3S/c1-17-7-12-25-20(13-17)14-26(37-25)28(35)32-23-6-4-5-22(18(23)2)24-15-33(3)29(36)27(31-24)30-21-10-8-19(16-34)9-11-21/h4-6,8-11,14-15,17,34H,7,12-13,16H2,1-3H3,(H,30,31)(H,32,35). The van der Waals surface area contributed by atoms with E-state index in [0.717, 1.165) is 34.4 Å². The van der Waals surface area contributed by atoms with Gasteiger partial charge in [0.15, 0.2) is 5.82 Å². The summed E-state index contributed by atoms with van der Waals surface area (Å²) in [6.45, 7) is 4.16. The number of nitrogens with zero attached hydrogens (tertiary/aromatic N) is 2. The van der Waals surface area contributed by atoms with Gasteiger partial charge in [-0.2, -0.15) is 0 Å². The van der Waals surface area contributed by atoms with Crippen molar-refractivity contribution in [3.63, 3.8) is 0 Å². The molecule has 0 radical (unpaired) electrons. The lowest BCUT2D eigenvalue weighted by atomic mass is 9.90. The second-order valence-corrected chi connectivity index (χ2v) is 10.8. The predicted octanol–water partition coefficient (Wildman–Crippen LogP) is 5.43. The van der Waals surface area contributed by atoms with E-state index in [1.54, 1.807) is 48.8 Å². The molecular formula is C29H30N4O3S. The lowest BCUT2D eigenvalue weighted by Crippen LogP contribution is -2.21. The lowest BCUT2D eigenvalue weighted by molar-refractivity contribution is 0.103. The van der Waals surface area contributed by atoms with Gasteiger partial charge < -0.3 is 20.3 Å². The third-order valence-electron chi connectivity index (χ3n) is 6.88. The fourth-order valence-corrected chi connectivity index (χ4v) is 5.80. The number of aliphatic hydroxyl groups excluding tert-OH is 1. The molecule has 8 heteroatoms. The van der Waals surface area contributed by atoms with E-state index in [1.807, 2.05) is 31.2 Å². The Kier molecular flexibility index (Phi) is 6.95. The molecule has 0 aliphatic heterocycles. The molecule has 0 bridgehead atoms. The van der Waals surface area contributed by atoms with E-state index >= 15 is 0 Å². The number of fused-ring (bicyclic) bond motifs is 1. The van der Waals surface area contributed by atoms with Crippen LogP contribution in [0.2, 0.25) is 0 Å². The molecule has 0 saturated carbocycles. The summed E-state index contributed by atoms with van der Waals surface area (Å²) in [5, 5.41) is 15.4. The number of carbonyl (C=O) groups excluding carboxylic acids is 1. The number of carbonyl (C=O) groups is 1. The summed E-state index contributed by atoms with van der Waals surface area (Å²) in [6, 6.07) is 14.9. The molecule has 1 amide bonds. The third-order valence-corrected chi connectivity index (χ3v) is 8.12. The van der Waals surface area contributed by atoms with Crippen LogP contribution in [0.1, 0.15) is 44.6 Å². The first-order valence-corrected chi connectivity index (χ1v) is 13.2. The number of thiophene rings is 1. The van der Waals surface area contributed by atoms with Crippen LogP contribution in [0.25, 0.3) is 11.3 Å². The molecule has 0 spiro atoms. The summed E-state index contributed by atoms with van der Waals surface area (Å²) >= 11 is 1.60. The molecule has 3 N–H and O–H groups in total. The highest BCUT2D eigenvalue weighted by Crippen LogP contribution is 2.33. The van der Waals surface area contributed by atoms with Crippen molar-refractivity contribution in [3.05, 3.63) is 91.5 Å². The van der Waals surface area contributed by atoms with Gasteiger partial charge in [-0.3, -0.25) is 9.59 Å². The summed E-state index contributed by atoms with van der Waals surface area (Å²) < 4.78 is 1.49. The monoisotopic (exact) mass is 514 g/mol. The molecule has 190 valence electrons. The fraction of sp³-hybridized carbons (Fsp3) is 0.276. The molecule has 37 heavy (non-hydrogen) atoms. The molecule has 1 aliphatic carbocycles. The summed E-state index contributed by atoms with van der Waals surface area (Å²) in [6.07, 6.45) is 4.95. The predicted molar refractivity (Wildman–Crippen MR) is 149 cm³/mol. The van der Waals surface area contributed by atoms with E-state index in [2.05, 4.69) is 22.5 Å². The van der Waals surface area contributed by atoms with Crippen molar-refractivity contribution >= 4 is 34.4 Å². The van der Waals surface area contributed by atoms with E-state index in [-0.39, 0.29) is 23.9 Å². The molecule has 0 fully saturated rings. The van der Waals surface area contributed by atoms with Crippen LogP contribution in [0.5, 0.6) is 0 Å². The minimum absolute atomic E-state index is 0.0457. The largest absolute Gasteiger partial charge is 0.392 e. The van der Waals surface area contributed by atoms with Crippen LogP contribution in [0, 0.1) is 12.8 Å². The van der Waals surface area contributed by atoms with Gasteiger partial charge in [0.2, 0.25) is 0 Å². The highest BCUT2D eigenvalue weighted by Gasteiger charge is 2.21. The van der Waals surface area contributed by atoms with Gasteiger partial charge in [-0.1, -0.05) is 31.2 Å². The second-order valence-electron chi connectivity index (χ2n) is 9.71. The van der Waals surface area contributed by atoms with Crippen molar-refractivity contribution < 1.29 is 9.90 Å². The minimum atomic E-state index is -0.256. The number of hydrogen-bond donors (Lipinski definition) is 3. The maximum absolute atomic E-state index is 13.1. The zero-order valence-electron chi connectivity index (χ0n) is 21.2. The van der Waals surface area contributed by atoms with Crippen molar-refractivity contribution in [2.24, 2.45) is 13.0 Å². The Morgan fingerprint density at radius 1 is 1.22 bits per heavy atom. The molecule has 1 aliphatic rings. The number of nitrogens with one attached hydrogen (secondary N) is 2. The first-order chi connectivity index (χ1) is 17.8. The Labute approximate surface area is 219 Å². The van der Waals surface area contributed by atoms with Gasteiger partial charge in [0.25, 0.3) is 11.5 Å². The number of benzene rings is 2. The van der Waals surface area contributed by atoms with E-state index in [4.69, 9.17) is 0 Å². The second kappa shape index (κ2) is 10.3. The molecule has 2 aromatic carbocycles. The number of aryl methyl sites for hydroxylation is 2. The summed E-state index contributed by atoms with van der Waals surface area (Å²) in [5.41, 5.74) is 5.56. The van der Waals surface area contributed by atoms with Gasteiger partial charge in [-0.05, 0) is 73.1 Å². The molecule has 5 rings (SSSR count). The Morgan fingerprint density at radius 2 is 2.00 bits per heavy atom. The van der Waals surface area contributed by atoms with E-state index in [9.17, 15) is 14.7 Å². The van der Waals surface area contributed by atoms with Crippen LogP contribution in [-0.2, 0) is 26.5 Å². The van der Waals surface area contributed by atoms with Crippen LogP contribution >= 0.6 is 11.3 Å². The zero-order valence-corrected chi connectivity index (χ0v) is 22.0. The quantitative estimate of drug-likeness (QED) is 0.319. The highest BCUT2D eigenvalue weighted by atomic mass is 32.1. The van der Waals surface area contributed by atoms with Crippen LogP contribution in [0.3, 0.4) is 0 Å². The number of amides is 1. The van der Waals surface area contributed by atoms with Gasteiger partial charge in [0.05, 0.1) is 17.2 Å². The number of hydrogen-bond acceptors (Lipinski definition) is 6. The van der Waals surface area contributed by atoms with Gasteiger partial charge in [0.1, 0.15) is 0 Å².